The molecule has 0 saturated heterocycles. The molecule has 6 aromatic heterocycles. The lowest BCUT2D eigenvalue weighted by Gasteiger charge is -2.14. The van der Waals surface area contributed by atoms with Gasteiger partial charge in [-0.05, 0) is 155 Å². The summed E-state index contributed by atoms with van der Waals surface area (Å²) in [5.74, 6) is 1.62. The summed E-state index contributed by atoms with van der Waals surface area (Å²) in [6, 6.07) is 114. The number of nitrogens with zero attached hydrogens (tertiary/aromatic N) is 8. The molecule has 0 unspecified atom stereocenters. The Kier molecular flexibility index (Phi) is 13.0. The fraction of sp³-hybridized carbons (Fsp3) is 0. The van der Waals surface area contributed by atoms with Crippen molar-refractivity contribution in [3.05, 3.63) is 334 Å². The van der Waals surface area contributed by atoms with E-state index in [0.29, 0.717) is 5.02 Å². The number of aromatic nitrogens is 8. The quantitative estimate of drug-likeness (QED) is 0.156. The molecule has 98 heavy (non-hydrogen) atoms. The smallest absolute Gasteiger partial charge is 0.165 e. The Labute approximate surface area is 568 Å². The highest BCUT2D eigenvalue weighted by Gasteiger charge is 2.29. The second kappa shape index (κ2) is 22.5. The zero-order valence-electron chi connectivity index (χ0n) is 53.1. The van der Waals surface area contributed by atoms with E-state index >= 15 is 0 Å². The molecule has 7 heterocycles. The van der Waals surface area contributed by atoms with Crippen LogP contribution in [0.2, 0.25) is 5.02 Å². The van der Waals surface area contributed by atoms with E-state index in [1.54, 1.807) is 0 Å². The van der Waals surface area contributed by atoms with Crippen molar-refractivity contribution in [3.8, 4) is 78.9 Å². The fourth-order valence-electron chi connectivity index (χ4n) is 15.3. The van der Waals surface area contributed by atoms with Crippen LogP contribution >= 0.6 is 11.6 Å². The van der Waals surface area contributed by atoms with Crippen LogP contribution in [0.4, 0.5) is 0 Å². The molecule has 20 aromatic rings. The molecule has 14 aromatic carbocycles. The summed E-state index contributed by atoms with van der Waals surface area (Å²) >= 11 is 6.80. The van der Waals surface area contributed by atoms with E-state index in [-0.39, 0.29) is 7.43 Å². The number of hydrogen-bond acceptors (Lipinski definition) is 4. The van der Waals surface area contributed by atoms with E-state index in [1.165, 1.54) is 82.2 Å². The van der Waals surface area contributed by atoms with E-state index in [2.05, 4.69) is 279 Å². The minimum absolute atomic E-state index is 0. The average Bonchev–Trinajstić information content (AvgIpc) is 1.55. The molecule has 0 saturated carbocycles. The molecule has 9 heteroatoms. The first kappa shape index (κ1) is 56.8. The van der Waals surface area contributed by atoms with Crippen molar-refractivity contribution in [2.75, 3.05) is 0 Å². The Balaban J connectivity index is 0.000000136. The Hall–Kier alpha value is -12.8. The number of halogens is 1. The minimum Gasteiger partial charge on any atom is -0.358 e. The van der Waals surface area contributed by atoms with E-state index in [0.717, 1.165) is 106 Å². The molecule has 8 nitrogen and oxygen atoms in total. The minimum atomic E-state index is 0. The van der Waals surface area contributed by atoms with Crippen LogP contribution in [0.1, 0.15) is 0 Å². The van der Waals surface area contributed by atoms with E-state index < -0.39 is 0 Å². The van der Waals surface area contributed by atoms with Gasteiger partial charge in [-0.15, -0.1) is 0 Å². The number of benzene rings is 14. The molecule has 460 valence electrons. The van der Waals surface area contributed by atoms with Crippen molar-refractivity contribution in [3.63, 3.8) is 0 Å². The van der Waals surface area contributed by atoms with Gasteiger partial charge in [0.05, 0.1) is 71.2 Å². The lowest BCUT2D eigenvalue weighted by atomic mass is 9.92. The molecule has 0 aliphatic carbocycles. The van der Waals surface area contributed by atoms with Gasteiger partial charge in [-0.2, -0.15) is 0 Å². The van der Waals surface area contributed by atoms with Crippen LogP contribution in [-0.4, -0.2) is 38.2 Å². The average molecular weight is 1270 g/mol. The molecule has 1 aliphatic heterocycles. The summed E-state index contributed by atoms with van der Waals surface area (Å²) in [6.07, 6.45) is 0. The lowest BCUT2D eigenvalue weighted by Crippen LogP contribution is -2.04. The topological polar surface area (TPSA) is 71.3 Å². The predicted molar refractivity (Wildman–Crippen MR) is 409 cm³/mol. The summed E-state index contributed by atoms with van der Waals surface area (Å²) in [5.41, 5.74) is 25.6. The van der Waals surface area contributed by atoms with Crippen LogP contribution in [0, 0.1) is 7.43 Å². The van der Waals surface area contributed by atoms with Crippen molar-refractivity contribution in [2.45, 2.75) is 0 Å². The molecule has 1 aliphatic rings. The normalized spacial score (nSPS) is 11.8. The van der Waals surface area contributed by atoms with E-state index in [9.17, 15) is 0 Å². The zero-order valence-corrected chi connectivity index (χ0v) is 53.8. The maximum Gasteiger partial charge on any atom is 0.165 e. The summed E-state index contributed by atoms with van der Waals surface area (Å²) in [6.45, 7) is 0. The Morgan fingerprint density at radius 2 is 0.561 bits per heavy atom. The molecule has 0 atom stereocenters. The zero-order chi connectivity index (χ0) is 63.8. The van der Waals surface area contributed by atoms with Crippen LogP contribution in [0.5, 0.6) is 0 Å². The summed E-state index contributed by atoms with van der Waals surface area (Å²) < 4.78 is 9.31. The monoisotopic (exact) mass is 1270 g/mol. The maximum atomic E-state index is 6.80. The molecule has 0 bridgehead atoms. The second-order valence-corrected chi connectivity index (χ2v) is 25.4. The molecule has 0 spiro atoms. The van der Waals surface area contributed by atoms with Gasteiger partial charge in [0.25, 0.3) is 0 Å². The van der Waals surface area contributed by atoms with Crippen molar-refractivity contribution in [1.29, 1.82) is 0 Å². The van der Waals surface area contributed by atoms with Crippen LogP contribution in [0.3, 0.4) is 0 Å². The molecular weight excluding hydrogens is 1220 g/mol. The van der Waals surface area contributed by atoms with Gasteiger partial charge in [0.2, 0.25) is 0 Å². The molecule has 21 rings (SSSR count). The van der Waals surface area contributed by atoms with Gasteiger partial charge in [0.1, 0.15) is 11.4 Å². The van der Waals surface area contributed by atoms with Crippen LogP contribution in [-0.2, 0) is 0 Å². The molecular formula is C89H56ClN8-. The maximum absolute atomic E-state index is 6.80. The van der Waals surface area contributed by atoms with Crippen molar-refractivity contribution in [2.24, 2.45) is 0 Å². The van der Waals surface area contributed by atoms with Crippen LogP contribution in [0.25, 0.3) is 188 Å². The lowest BCUT2D eigenvalue weighted by molar-refractivity contribution is 1.08. The van der Waals surface area contributed by atoms with E-state index in [4.69, 9.17) is 31.5 Å². The Morgan fingerprint density at radius 3 is 1.06 bits per heavy atom. The first-order valence-corrected chi connectivity index (χ1v) is 33.1. The highest BCUT2D eigenvalue weighted by Crippen LogP contribution is 2.49. The van der Waals surface area contributed by atoms with Crippen molar-refractivity contribution in [1.82, 2.24) is 38.2 Å². The summed E-state index contributed by atoms with van der Waals surface area (Å²) in [4.78, 5) is 20.9. The van der Waals surface area contributed by atoms with Gasteiger partial charge >= 0.3 is 0 Å². The Morgan fingerprint density at radius 1 is 0.224 bits per heavy atom. The SMILES string of the molecule is Clc1ccccc1-c1nc2ccccc2nc1-n1c2ccccc2c2cc(-c3ccc4c(c3)c3ccccc3n4-c3ccccc3)ccc21.[CH3-].c1ccc(-n2c3ccccc3c3cc(-c4cc5c6c(c4)c4ccccc4n6-c4nc6ccccc6nc4-c4ccccc4-5)ccc32)cc1. The molecule has 0 N–H and O–H groups in total. The second-order valence-electron chi connectivity index (χ2n) is 25.0. The van der Waals surface area contributed by atoms with Crippen LogP contribution < -0.4 is 0 Å². The van der Waals surface area contributed by atoms with Crippen molar-refractivity contribution < 1.29 is 0 Å². The molecule has 0 fully saturated rings. The third-order valence-corrected chi connectivity index (χ3v) is 19.9. The highest BCUT2D eigenvalue weighted by molar-refractivity contribution is 6.33. The number of rotatable bonds is 6. The highest BCUT2D eigenvalue weighted by atomic mass is 35.5. The largest absolute Gasteiger partial charge is 0.358 e. The number of para-hydroxylation sites is 10. The van der Waals surface area contributed by atoms with Gasteiger partial charge in [0, 0.05) is 71.2 Å². The molecule has 0 radical (unpaired) electrons. The van der Waals surface area contributed by atoms with Gasteiger partial charge in [-0.1, -0.05) is 206 Å². The van der Waals surface area contributed by atoms with Gasteiger partial charge in [-0.3, -0.25) is 9.13 Å². The number of hydrogen-bond donors (Lipinski definition) is 0. The fourth-order valence-corrected chi connectivity index (χ4v) is 15.5. The summed E-state index contributed by atoms with van der Waals surface area (Å²) in [5, 5.41) is 10.3. The first-order valence-electron chi connectivity index (χ1n) is 32.7. The molecule has 0 amide bonds. The third kappa shape index (κ3) is 8.71. The van der Waals surface area contributed by atoms with Gasteiger partial charge in [-0.25, -0.2) is 19.9 Å². The predicted octanol–water partition coefficient (Wildman–Crippen LogP) is 23.4. The third-order valence-electron chi connectivity index (χ3n) is 19.6. The van der Waals surface area contributed by atoms with Crippen LogP contribution in [0.15, 0.2) is 322 Å². The Bertz CT molecular complexity index is 6650. The number of fused-ring (bicyclic) bond motifs is 19. The van der Waals surface area contributed by atoms with Gasteiger partial charge < -0.3 is 16.6 Å². The summed E-state index contributed by atoms with van der Waals surface area (Å²) in [7, 11) is 0. The van der Waals surface area contributed by atoms with Gasteiger partial charge in [0.15, 0.2) is 11.6 Å². The van der Waals surface area contributed by atoms with E-state index in [1.807, 2.05) is 60.7 Å². The van der Waals surface area contributed by atoms with Crippen molar-refractivity contribution >= 4 is 121 Å². The first-order chi connectivity index (χ1) is 48.0. The standard InChI is InChI=1S/C44H27ClN4.C44H26N4.CH3/c45-36-17-7-4-16-33(36)43-44(47-38-19-9-8-18-37(38)46-43)49-40-21-11-6-15-32(40)35-27-29(23-25-42(35)49)28-22-24-41-34(26-28)31-14-5-10-20-39(31)48(41)30-12-2-1-3-13-30;1-2-12-29(13-3-1)47-39-20-10-6-15-31(39)34-24-27(22-23-41(34)47)28-25-35-30-14-4-5-17-33(30)42-44(46-38-19-9-8-18-37(38)45-42)48-40-21-11-7-16-32(40)36(26-28)43(35)48;/h1-27H;1-26H;1H3/q;;-1.